The van der Waals surface area contributed by atoms with Gasteiger partial charge in [-0.1, -0.05) is 11.2 Å². The molecule has 2 fully saturated rings. The predicted octanol–water partition coefficient (Wildman–Crippen LogP) is 6.16. The Morgan fingerprint density at radius 3 is 2.39 bits per heavy atom. The van der Waals surface area contributed by atoms with Crippen molar-refractivity contribution in [1.29, 1.82) is 0 Å². The second kappa shape index (κ2) is 11.7. The van der Waals surface area contributed by atoms with Crippen LogP contribution in [0.3, 0.4) is 0 Å². The van der Waals surface area contributed by atoms with E-state index in [-0.39, 0.29) is 35.8 Å². The normalized spacial score (nSPS) is 19.1. The highest BCUT2D eigenvalue weighted by atomic mass is 19.4. The summed E-state index contributed by atoms with van der Waals surface area (Å²) in [5, 5.41) is 12.3. The number of aromatic nitrogens is 4. The van der Waals surface area contributed by atoms with Crippen LogP contribution in [-0.2, 0) is 4.79 Å². The summed E-state index contributed by atoms with van der Waals surface area (Å²) in [6.07, 6.45) is -5.91. The number of carbonyl (C=O) groups excluding carboxylic acids is 2. The fourth-order valence-corrected chi connectivity index (χ4v) is 5.48. The van der Waals surface area contributed by atoms with Crippen molar-refractivity contribution in [3.05, 3.63) is 40.7 Å². The van der Waals surface area contributed by atoms with E-state index in [0.29, 0.717) is 5.69 Å². The van der Waals surface area contributed by atoms with Crippen LogP contribution in [0.15, 0.2) is 16.8 Å². The van der Waals surface area contributed by atoms with Gasteiger partial charge in [-0.15, -0.1) is 0 Å². The van der Waals surface area contributed by atoms with Crippen LogP contribution in [0.25, 0.3) is 11.0 Å². The number of aromatic amines is 1. The van der Waals surface area contributed by atoms with Crippen LogP contribution < -0.4 is 10.6 Å². The molecule has 3 aromatic rings. The summed E-state index contributed by atoms with van der Waals surface area (Å²) in [6, 6.07) is 1.22. The topological polar surface area (TPSA) is 126 Å². The molecule has 16 heteroatoms. The van der Waals surface area contributed by atoms with Crippen molar-refractivity contribution in [3.8, 4) is 0 Å². The number of amides is 2. The molecule has 2 amide bonds. The van der Waals surface area contributed by atoms with Gasteiger partial charge in [0.1, 0.15) is 22.7 Å². The summed E-state index contributed by atoms with van der Waals surface area (Å²) in [5.41, 5.74) is -2.61. The molecule has 0 aliphatic heterocycles. The largest absolute Gasteiger partial charge is 0.390 e. The van der Waals surface area contributed by atoms with Gasteiger partial charge >= 0.3 is 6.18 Å². The van der Waals surface area contributed by atoms with E-state index in [4.69, 9.17) is 4.63 Å². The molecule has 1 aromatic carbocycles. The van der Waals surface area contributed by atoms with Crippen molar-refractivity contribution in [3.63, 3.8) is 0 Å². The first kappa shape index (κ1) is 31.7. The van der Waals surface area contributed by atoms with Gasteiger partial charge in [0.25, 0.3) is 5.91 Å². The monoisotopic (exact) mass is 632 g/mol. The number of nitrogens with one attached hydrogen (secondary N) is 3. The van der Waals surface area contributed by atoms with Crippen LogP contribution in [-0.4, -0.2) is 56.4 Å². The maximum absolute atomic E-state index is 15.9. The third-order valence-corrected chi connectivity index (χ3v) is 7.96. The summed E-state index contributed by atoms with van der Waals surface area (Å²) >= 11 is 0. The van der Waals surface area contributed by atoms with Gasteiger partial charge in [-0.2, -0.15) is 13.2 Å². The Labute approximate surface area is 246 Å². The van der Waals surface area contributed by atoms with Crippen molar-refractivity contribution in [2.24, 2.45) is 5.92 Å². The van der Waals surface area contributed by atoms with E-state index in [9.17, 15) is 35.9 Å². The number of H-pyrrole nitrogens is 1. The third kappa shape index (κ3) is 7.32. The fraction of sp³-hybridized carbons (Fsp3) is 0.607. The molecule has 2 saturated carbocycles. The molecule has 0 radical (unpaired) electrons. The number of benzene rings is 1. The lowest BCUT2D eigenvalue weighted by Crippen LogP contribution is -2.39. The van der Waals surface area contributed by atoms with Crippen LogP contribution in [0.2, 0.25) is 0 Å². The Bertz CT molecular complexity index is 1520. The molecule has 0 saturated heterocycles. The van der Waals surface area contributed by atoms with Crippen LogP contribution >= 0.6 is 0 Å². The van der Waals surface area contributed by atoms with E-state index in [1.807, 2.05) is 0 Å². The minimum absolute atomic E-state index is 0.00496. The molecular formula is C28H31F7N6O3. The fourth-order valence-electron chi connectivity index (χ4n) is 5.48. The van der Waals surface area contributed by atoms with Gasteiger partial charge < -0.3 is 15.6 Å². The highest BCUT2D eigenvalue weighted by Gasteiger charge is 2.42. The molecule has 2 aromatic heterocycles. The van der Waals surface area contributed by atoms with Gasteiger partial charge in [0.2, 0.25) is 11.8 Å². The lowest BCUT2D eigenvalue weighted by atomic mass is 9.81. The zero-order valence-electron chi connectivity index (χ0n) is 23.8. The van der Waals surface area contributed by atoms with E-state index in [1.54, 1.807) is 0 Å². The van der Waals surface area contributed by atoms with E-state index < -0.39 is 90.2 Å². The van der Waals surface area contributed by atoms with E-state index in [0.717, 1.165) is 32.8 Å². The molecule has 2 aliphatic rings. The zero-order valence-corrected chi connectivity index (χ0v) is 23.8. The second-order valence-corrected chi connectivity index (χ2v) is 12.2. The van der Waals surface area contributed by atoms with Gasteiger partial charge in [0.15, 0.2) is 11.5 Å². The number of nitrogens with zero attached hydrogens (tertiary/aromatic N) is 3. The number of hydrogen-bond acceptors (Lipinski definition) is 6. The van der Waals surface area contributed by atoms with Gasteiger partial charge in [0, 0.05) is 24.3 Å². The maximum atomic E-state index is 15.9. The SMILES string of the molecule is CC(C)(F)CNC(=O)[C@@H](CC(F)(F)F)c1ccc2[nH]c([C@@H](NC(=O)c3nonc3C3CC3)C3CCC(F)(F)CC3)nc2c1F. The molecule has 2 atom stereocenters. The predicted molar refractivity (Wildman–Crippen MR) is 141 cm³/mol. The first-order valence-corrected chi connectivity index (χ1v) is 14.2. The van der Waals surface area contributed by atoms with Gasteiger partial charge in [-0.05, 0) is 56.7 Å². The molecule has 0 unspecified atom stereocenters. The zero-order chi connectivity index (χ0) is 32.0. The molecule has 2 heterocycles. The maximum Gasteiger partial charge on any atom is 0.390 e. The van der Waals surface area contributed by atoms with Crippen molar-refractivity contribution in [1.82, 2.24) is 30.9 Å². The smallest absolute Gasteiger partial charge is 0.352 e. The van der Waals surface area contributed by atoms with Crippen LogP contribution in [0.5, 0.6) is 0 Å². The molecule has 2 aliphatic carbocycles. The number of imidazole rings is 1. The van der Waals surface area contributed by atoms with Crippen LogP contribution in [0.4, 0.5) is 30.7 Å². The van der Waals surface area contributed by atoms with Crippen molar-refractivity contribution in [2.45, 2.75) is 94.4 Å². The molecular weight excluding hydrogens is 601 g/mol. The van der Waals surface area contributed by atoms with Crippen molar-refractivity contribution >= 4 is 22.8 Å². The van der Waals surface area contributed by atoms with Crippen molar-refractivity contribution < 1.29 is 45.0 Å². The third-order valence-electron chi connectivity index (χ3n) is 7.96. The summed E-state index contributed by atoms with van der Waals surface area (Å²) in [5.74, 6) is -8.63. The molecule has 44 heavy (non-hydrogen) atoms. The number of fused-ring (bicyclic) bond motifs is 1. The van der Waals surface area contributed by atoms with Gasteiger partial charge in [-0.3, -0.25) is 9.59 Å². The van der Waals surface area contributed by atoms with Crippen molar-refractivity contribution in [2.75, 3.05) is 6.54 Å². The molecule has 0 spiro atoms. The highest BCUT2D eigenvalue weighted by molar-refractivity contribution is 5.93. The summed E-state index contributed by atoms with van der Waals surface area (Å²) in [4.78, 5) is 33.1. The van der Waals surface area contributed by atoms with E-state index in [2.05, 4.69) is 30.9 Å². The molecule has 9 nitrogen and oxygen atoms in total. The molecule has 0 bridgehead atoms. The molecule has 240 valence electrons. The highest BCUT2D eigenvalue weighted by Crippen LogP contribution is 2.43. The second-order valence-electron chi connectivity index (χ2n) is 12.2. The Hall–Kier alpha value is -3.72. The minimum atomic E-state index is -4.86. The lowest BCUT2D eigenvalue weighted by Gasteiger charge is -2.33. The lowest BCUT2D eigenvalue weighted by molar-refractivity contribution is -0.148. The Morgan fingerprint density at radius 2 is 1.77 bits per heavy atom. The first-order chi connectivity index (χ1) is 20.5. The summed E-state index contributed by atoms with van der Waals surface area (Å²) in [7, 11) is 0. The quantitative estimate of drug-likeness (QED) is 0.230. The number of carbonyl (C=O) groups is 2. The van der Waals surface area contributed by atoms with Gasteiger partial charge in [0.05, 0.1) is 30.4 Å². The van der Waals surface area contributed by atoms with E-state index in [1.165, 1.54) is 6.07 Å². The van der Waals surface area contributed by atoms with E-state index >= 15 is 4.39 Å². The van der Waals surface area contributed by atoms with Crippen LogP contribution in [0.1, 0.15) is 104 Å². The Morgan fingerprint density at radius 1 is 1.09 bits per heavy atom. The molecule has 5 rings (SSSR count). The number of alkyl halides is 6. The Kier molecular flexibility index (Phi) is 8.39. The number of hydrogen-bond donors (Lipinski definition) is 3. The van der Waals surface area contributed by atoms with Crippen LogP contribution in [0, 0.1) is 11.7 Å². The average Bonchev–Trinajstić information content (AvgIpc) is 3.47. The standard InChI is InChI=1S/C28H31F7N6O3/c1-26(2,30)12-36-24(42)16(11-28(33,34)35)15-5-6-17-21(18(15)29)38-23(37-17)20(14-7-9-27(31,32)10-8-14)39-25(43)22-19(13-3-4-13)40-44-41-22/h5-6,13-14,16,20H,3-4,7-12H2,1-2H3,(H,36,42)(H,37,38)(H,39,43)/t16-,20-/m0/s1. The first-order valence-electron chi connectivity index (χ1n) is 14.2. The average molecular weight is 633 g/mol. The number of halogens is 7. The summed E-state index contributed by atoms with van der Waals surface area (Å²) in [6.45, 7) is 1.65. The van der Waals surface area contributed by atoms with Gasteiger partial charge in [-0.25, -0.2) is 27.2 Å². The molecule has 3 N–H and O–H groups in total. The summed E-state index contributed by atoms with van der Waals surface area (Å²) < 4.78 is 103. The minimum Gasteiger partial charge on any atom is -0.352 e. The number of rotatable bonds is 10. The Balaban J connectivity index is 1.49.